The molecule has 7 nitrogen and oxygen atoms in total. The van der Waals surface area contributed by atoms with E-state index in [0.29, 0.717) is 5.69 Å². The molecule has 130 valence electrons. The summed E-state index contributed by atoms with van der Waals surface area (Å²) in [5.41, 5.74) is 2.49. The van der Waals surface area contributed by atoms with E-state index in [9.17, 15) is 14.9 Å². The molecule has 0 saturated heterocycles. The number of fused-ring (bicyclic) bond motifs is 1. The van der Waals surface area contributed by atoms with E-state index in [1.807, 2.05) is 31.2 Å². The number of para-hydroxylation sites is 1. The Hall–Kier alpha value is -2.96. The molecule has 25 heavy (non-hydrogen) atoms. The maximum atomic E-state index is 12.9. The fourth-order valence-electron chi connectivity index (χ4n) is 3.09. The van der Waals surface area contributed by atoms with Gasteiger partial charge in [0.25, 0.3) is 5.91 Å². The van der Waals surface area contributed by atoms with E-state index >= 15 is 0 Å². The van der Waals surface area contributed by atoms with Gasteiger partial charge in [-0.1, -0.05) is 18.2 Å². The van der Waals surface area contributed by atoms with Gasteiger partial charge in [-0.3, -0.25) is 4.79 Å². The first-order chi connectivity index (χ1) is 11.9. The van der Waals surface area contributed by atoms with Gasteiger partial charge >= 0.3 is 5.82 Å². The minimum atomic E-state index is -0.864. The summed E-state index contributed by atoms with van der Waals surface area (Å²) in [6.45, 7) is 5.23. The molecule has 1 aliphatic rings. The van der Waals surface area contributed by atoms with Crippen LogP contribution in [0.1, 0.15) is 25.1 Å². The highest BCUT2D eigenvalue weighted by Gasteiger charge is 2.34. The van der Waals surface area contributed by atoms with Crippen LogP contribution in [0.25, 0.3) is 0 Å². The van der Waals surface area contributed by atoms with Crippen LogP contribution in [0, 0.1) is 17.0 Å². The van der Waals surface area contributed by atoms with Crippen molar-refractivity contribution in [2.45, 2.75) is 39.3 Å². The lowest BCUT2D eigenvalue weighted by Crippen LogP contribution is -2.43. The van der Waals surface area contributed by atoms with Gasteiger partial charge in [-0.05, 0) is 53.9 Å². The molecule has 1 aromatic heterocycles. The van der Waals surface area contributed by atoms with E-state index in [1.165, 1.54) is 6.07 Å². The molecule has 0 aliphatic carbocycles. The van der Waals surface area contributed by atoms with Crippen LogP contribution in [-0.4, -0.2) is 28.0 Å². The summed E-state index contributed by atoms with van der Waals surface area (Å²) < 4.78 is 5.60. The topological polar surface area (TPSA) is 85.6 Å². The smallest absolute Gasteiger partial charge is 0.406 e. The normalized spacial score (nSPS) is 17.1. The Labute approximate surface area is 145 Å². The van der Waals surface area contributed by atoms with Crippen LogP contribution in [0.15, 0.2) is 36.4 Å². The van der Waals surface area contributed by atoms with Crippen LogP contribution in [0.4, 0.5) is 11.5 Å². The Morgan fingerprint density at radius 2 is 2.08 bits per heavy atom. The maximum Gasteiger partial charge on any atom is 0.406 e. The molecule has 0 N–H and O–H groups in total. The predicted molar refractivity (Wildman–Crippen MR) is 92.8 cm³/mol. The number of anilines is 1. The van der Waals surface area contributed by atoms with Crippen molar-refractivity contribution in [3.8, 4) is 5.75 Å². The van der Waals surface area contributed by atoms with Crippen molar-refractivity contribution >= 4 is 17.4 Å². The van der Waals surface area contributed by atoms with Crippen molar-refractivity contribution in [2.75, 3.05) is 4.90 Å². The molecule has 1 aromatic carbocycles. The molecule has 0 bridgehead atoms. The SMILES string of the molecule is Cc1ccc(OC(C)C(=O)N2c3ccccc3CC2C)c([N+](=O)[O-])n1. The second kappa shape index (κ2) is 6.51. The zero-order valence-electron chi connectivity index (χ0n) is 14.3. The third-order valence-electron chi connectivity index (χ3n) is 4.25. The van der Waals surface area contributed by atoms with Crippen molar-refractivity contribution in [1.82, 2.24) is 4.98 Å². The van der Waals surface area contributed by atoms with E-state index in [-0.39, 0.29) is 23.5 Å². The molecule has 7 heteroatoms. The fourth-order valence-corrected chi connectivity index (χ4v) is 3.09. The van der Waals surface area contributed by atoms with E-state index < -0.39 is 11.0 Å². The molecule has 0 radical (unpaired) electrons. The van der Waals surface area contributed by atoms with Crippen molar-refractivity contribution < 1.29 is 14.5 Å². The average Bonchev–Trinajstić information content (AvgIpc) is 2.91. The molecular weight excluding hydrogens is 322 g/mol. The van der Waals surface area contributed by atoms with E-state index in [4.69, 9.17) is 4.74 Å². The molecule has 2 heterocycles. The van der Waals surface area contributed by atoms with Crippen LogP contribution in [0.3, 0.4) is 0 Å². The Kier molecular flexibility index (Phi) is 4.39. The summed E-state index contributed by atoms with van der Waals surface area (Å²) in [7, 11) is 0. The molecule has 1 amide bonds. The van der Waals surface area contributed by atoms with Gasteiger partial charge in [-0.2, -0.15) is 0 Å². The van der Waals surface area contributed by atoms with Crippen LogP contribution >= 0.6 is 0 Å². The number of carbonyl (C=O) groups is 1. The van der Waals surface area contributed by atoms with E-state index in [1.54, 1.807) is 24.8 Å². The first-order valence-electron chi connectivity index (χ1n) is 8.08. The second-order valence-corrected chi connectivity index (χ2v) is 6.18. The number of nitro groups is 1. The van der Waals surface area contributed by atoms with Crippen molar-refractivity contribution in [3.63, 3.8) is 0 Å². The number of pyridine rings is 1. The molecule has 2 aromatic rings. The number of aryl methyl sites for hydroxylation is 1. The molecule has 0 saturated carbocycles. The van der Waals surface area contributed by atoms with E-state index in [0.717, 1.165) is 17.7 Å². The Balaban J connectivity index is 1.84. The molecule has 0 fully saturated rings. The van der Waals surface area contributed by atoms with Crippen molar-refractivity contribution in [1.29, 1.82) is 0 Å². The van der Waals surface area contributed by atoms with Gasteiger partial charge in [0.2, 0.25) is 5.75 Å². The summed E-state index contributed by atoms with van der Waals surface area (Å²) in [6.07, 6.45) is -0.0854. The minimum Gasteiger partial charge on any atom is -0.473 e. The number of amides is 1. The number of benzene rings is 1. The van der Waals surface area contributed by atoms with Crippen LogP contribution in [0.2, 0.25) is 0 Å². The number of nitrogens with zero attached hydrogens (tertiary/aromatic N) is 3. The fraction of sp³-hybridized carbons (Fsp3) is 0.333. The number of carbonyl (C=O) groups excluding carboxylic acids is 1. The summed E-state index contributed by atoms with van der Waals surface area (Å²) in [6, 6.07) is 10.8. The highest BCUT2D eigenvalue weighted by Crippen LogP contribution is 2.33. The largest absolute Gasteiger partial charge is 0.473 e. The van der Waals surface area contributed by atoms with E-state index in [2.05, 4.69) is 4.98 Å². The summed E-state index contributed by atoms with van der Waals surface area (Å²) in [5.74, 6) is -0.613. The third kappa shape index (κ3) is 3.17. The number of rotatable bonds is 4. The van der Waals surface area contributed by atoms with Crippen molar-refractivity contribution in [3.05, 3.63) is 57.8 Å². The number of hydrogen-bond donors (Lipinski definition) is 0. The lowest BCUT2D eigenvalue weighted by molar-refractivity contribution is -0.390. The first-order valence-corrected chi connectivity index (χ1v) is 8.08. The van der Waals surface area contributed by atoms with Gasteiger partial charge < -0.3 is 19.8 Å². The molecule has 0 spiro atoms. The average molecular weight is 341 g/mol. The number of ether oxygens (including phenoxy) is 1. The molecule has 1 aliphatic heterocycles. The lowest BCUT2D eigenvalue weighted by Gasteiger charge is -2.26. The van der Waals surface area contributed by atoms with Gasteiger partial charge in [0.15, 0.2) is 6.10 Å². The van der Waals surface area contributed by atoms with Gasteiger partial charge in [-0.15, -0.1) is 0 Å². The maximum absolute atomic E-state index is 12.9. The predicted octanol–water partition coefficient (Wildman–Crippen LogP) is 3.04. The van der Waals surface area contributed by atoms with Crippen LogP contribution in [-0.2, 0) is 11.2 Å². The number of hydrogen-bond acceptors (Lipinski definition) is 5. The second-order valence-electron chi connectivity index (χ2n) is 6.18. The Bertz CT molecular complexity index is 837. The van der Waals surface area contributed by atoms with Gasteiger partial charge in [0, 0.05) is 18.7 Å². The third-order valence-corrected chi connectivity index (χ3v) is 4.25. The first kappa shape index (κ1) is 16.9. The zero-order chi connectivity index (χ0) is 18.1. The monoisotopic (exact) mass is 341 g/mol. The lowest BCUT2D eigenvalue weighted by atomic mass is 10.1. The van der Waals surface area contributed by atoms with Crippen LogP contribution < -0.4 is 9.64 Å². The zero-order valence-corrected chi connectivity index (χ0v) is 14.3. The molecule has 2 atom stereocenters. The number of aromatic nitrogens is 1. The summed E-state index contributed by atoms with van der Waals surface area (Å²) in [4.78, 5) is 29.0. The standard InChI is InChI=1S/C18H19N3O4/c1-11-8-9-16(17(19-11)21(23)24)25-13(3)18(22)20-12(2)10-14-6-4-5-7-15(14)20/h4-9,12-13H,10H2,1-3H3. The van der Waals surface area contributed by atoms with Gasteiger partial charge in [0.05, 0.1) is 0 Å². The Morgan fingerprint density at radius 3 is 2.80 bits per heavy atom. The van der Waals surface area contributed by atoms with Crippen LogP contribution in [0.5, 0.6) is 5.75 Å². The molecular formula is C18H19N3O4. The molecule has 2 unspecified atom stereocenters. The summed E-state index contributed by atoms with van der Waals surface area (Å²) >= 11 is 0. The quantitative estimate of drug-likeness (QED) is 0.630. The molecule has 3 rings (SSSR count). The highest BCUT2D eigenvalue weighted by atomic mass is 16.6. The van der Waals surface area contributed by atoms with Gasteiger partial charge in [-0.25, -0.2) is 0 Å². The summed E-state index contributed by atoms with van der Waals surface area (Å²) in [5, 5.41) is 11.2. The highest BCUT2D eigenvalue weighted by molar-refractivity contribution is 5.99. The Morgan fingerprint density at radius 1 is 1.36 bits per heavy atom. The minimum absolute atomic E-state index is 0.00316. The van der Waals surface area contributed by atoms with Gasteiger partial charge in [0.1, 0.15) is 5.69 Å². The van der Waals surface area contributed by atoms with Crippen molar-refractivity contribution in [2.24, 2.45) is 0 Å².